The topological polar surface area (TPSA) is 118 Å². The first-order chi connectivity index (χ1) is 15.8. The van der Waals surface area contributed by atoms with E-state index in [4.69, 9.17) is 14.2 Å². The van der Waals surface area contributed by atoms with Crippen LogP contribution < -0.4 is 4.90 Å². The van der Waals surface area contributed by atoms with Gasteiger partial charge in [-0.1, -0.05) is 0 Å². The van der Waals surface area contributed by atoms with Crippen LogP contribution in [0.2, 0.25) is 0 Å². The van der Waals surface area contributed by atoms with Gasteiger partial charge in [-0.15, -0.1) is 0 Å². The van der Waals surface area contributed by atoms with Gasteiger partial charge >= 0.3 is 18.3 Å². The monoisotopic (exact) mass is 493 g/mol. The van der Waals surface area contributed by atoms with E-state index in [0.29, 0.717) is 18.5 Å². The average Bonchev–Trinajstić information content (AvgIpc) is 2.99. The number of ether oxygens (including phenoxy) is 3. The normalized spacial score (nSPS) is 18.7. The van der Waals surface area contributed by atoms with Gasteiger partial charge in [-0.25, -0.2) is 14.4 Å². The van der Waals surface area contributed by atoms with Crippen molar-refractivity contribution in [2.75, 3.05) is 11.4 Å². The highest BCUT2D eigenvalue weighted by molar-refractivity contribution is 6.09. The number of amides is 3. The van der Waals surface area contributed by atoms with Gasteiger partial charge in [-0.2, -0.15) is 4.90 Å². The van der Waals surface area contributed by atoms with E-state index in [1.54, 1.807) is 74.4 Å². The van der Waals surface area contributed by atoms with Crippen molar-refractivity contribution in [2.45, 2.75) is 104 Å². The average molecular weight is 494 g/mol. The third-order valence-electron chi connectivity index (χ3n) is 4.68. The molecule has 1 aromatic heterocycles. The zero-order valence-electron chi connectivity index (χ0n) is 22.2. The highest BCUT2D eigenvalue weighted by Gasteiger charge is 2.37. The van der Waals surface area contributed by atoms with Crippen LogP contribution in [-0.4, -0.2) is 68.8 Å². The molecule has 0 spiro atoms. The first-order valence-corrected chi connectivity index (χ1v) is 11.7. The van der Waals surface area contributed by atoms with E-state index in [1.807, 2.05) is 0 Å². The fourth-order valence-electron chi connectivity index (χ4n) is 3.44. The molecule has 1 fully saturated rings. The van der Waals surface area contributed by atoms with Gasteiger partial charge in [0.15, 0.2) is 0 Å². The van der Waals surface area contributed by atoms with E-state index in [1.165, 1.54) is 11.1 Å². The Morgan fingerprint density at radius 2 is 1.46 bits per heavy atom. The second kappa shape index (κ2) is 10.4. The van der Waals surface area contributed by atoms with Gasteiger partial charge in [0.25, 0.3) is 0 Å². The van der Waals surface area contributed by atoms with E-state index >= 15 is 0 Å². The molecule has 2 heterocycles. The number of hydrogen-bond acceptors (Lipinski definition) is 8. The smallest absolute Gasteiger partial charge is 0.424 e. The van der Waals surface area contributed by atoms with Crippen molar-refractivity contribution in [1.29, 1.82) is 0 Å². The number of carbonyl (C=O) groups is 3. The number of aromatic nitrogens is 1. The Kier molecular flexibility index (Phi) is 8.42. The van der Waals surface area contributed by atoms with Crippen molar-refractivity contribution in [3.05, 3.63) is 24.0 Å². The molecular weight excluding hydrogens is 454 g/mol. The van der Waals surface area contributed by atoms with Gasteiger partial charge in [0.05, 0.1) is 24.5 Å². The molecule has 2 rings (SSSR count). The fourth-order valence-corrected chi connectivity index (χ4v) is 3.44. The Bertz CT molecular complexity index is 883. The van der Waals surface area contributed by atoms with Gasteiger partial charge < -0.3 is 24.2 Å². The van der Waals surface area contributed by atoms with Crippen LogP contribution in [0.4, 0.5) is 20.1 Å². The number of rotatable bonds is 3. The number of carbonyl (C=O) groups excluding carboxylic acids is 3. The molecule has 0 bridgehead atoms. The molecule has 1 N–H and O–H groups in total. The lowest BCUT2D eigenvalue weighted by atomic mass is 10.1. The number of nitrogens with zero attached hydrogens (tertiary/aromatic N) is 3. The minimum atomic E-state index is -0.878. The molecule has 0 unspecified atom stereocenters. The summed E-state index contributed by atoms with van der Waals surface area (Å²) in [6, 6.07) is 2.93. The molecule has 10 heteroatoms. The molecule has 0 radical (unpaired) electrons. The van der Waals surface area contributed by atoms with Crippen molar-refractivity contribution in [3.8, 4) is 0 Å². The molecule has 2 atom stereocenters. The van der Waals surface area contributed by atoms with E-state index in [2.05, 4.69) is 4.98 Å². The van der Waals surface area contributed by atoms with Crippen molar-refractivity contribution in [1.82, 2.24) is 9.88 Å². The Balaban J connectivity index is 2.23. The minimum Gasteiger partial charge on any atom is -0.444 e. The number of aliphatic hydroxyl groups excluding tert-OH is 1. The van der Waals surface area contributed by atoms with Crippen molar-refractivity contribution >= 4 is 24.0 Å². The molecule has 3 amide bonds. The summed E-state index contributed by atoms with van der Waals surface area (Å²) < 4.78 is 16.3. The predicted molar refractivity (Wildman–Crippen MR) is 130 cm³/mol. The molecule has 1 saturated heterocycles. The van der Waals surface area contributed by atoms with Crippen LogP contribution >= 0.6 is 0 Å². The van der Waals surface area contributed by atoms with Crippen LogP contribution in [0.1, 0.15) is 74.4 Å². The second-order valence-corrected chi connectivity index (χ2v) is 11.7. The molecule has 1 aliphatic heterocycles. The van der Waals surface area contributed by atoms with Crippen molar-refractivity contribution in [2.24, 2.45) is 0 Å². The zero-order chi connectivity index (χ0) is 26.8. The fraction of sp³-hybridized carbons (Fsp3) is 0.680. The lowest BCUT2D eigenvalue weighted by Crippen LogP contribution is -2.44. The standard InChI is InChI=1S/C25H39N3O7/c1-23(2,3)33-20(30)27-15-19(29)13-18(27)12-16-10-11-17(14-26-16)28(21(31)34-24(4,5)6)22(32)35-25(7,8)9/h10-11,14,18-19,29H,12-13,15H2,1-9H3/t18-,19-/m0/s1. The lowest BCUT2D eigenvalue weighted by Gasteiger charge is -2.29. The Morgan fingerprint density at radius 3 is 1.89 bits per heavy atom. The summed E-state index contributed by atoms with van der Waals surface area (Å²) in [5.41, 5.74) is -1.48. The molecule has 0 aliphatic carbocycles. The summed E-state index contributed by atoms with van der Waals surface area (Å²) in [6.07, 6.45) is -0.752. The number of likely N-dealkylation sites (tertiary alicyclic amines) is 1. The summed E-state index contributed by atoms with van der Waals surface area (Å²) in [5, 5.41) is 10.1. The van der Waals surface area contributed by atoms with Crippen LogP contribution in [0.15, 0.2) is 18.3 Å². The number of hydrogen-bond donors (Lipinski definition) is 1. The van der Waals surface area contributed by atoms with Crippen LogP contribution in [-0.2, 0) is 20.6 Å². The molecule has 196 valence electrons. The number of β-amino-alcohol motifs (C(OH)–C–C–N with tert-alkyl or cyclic N) is 1. The zero-order valence-corrected chi connectivity index (χ0v) is 22.2. The van der Waals surface area contributed by atoms with Crippen LogP contribution in [0.3, 0.4) is 0 Å². The molecule has 0 aromatic carbocycles. The first kappa shape index (κ1) is 28.4. The summed E-state index contributed by atoms with van der Waals surface area (Å²) in [6.45, 7) is 15.7. The largest absolute Gasteiger partial charge is 0.444 e. The molecule has 10 nitrogen and oxygen atoms in total. The van der Waals surface area contributed by atoms with Crippen LogP contribution in [0.5, 0.6) is 0 Å². The van der Waals surface area contributed by atoms with Gasteiger partial charge in [-0.05, 0) is 80.9 Å². The Hall–Kier alpha value is -2.88. The summed E-state index contributed by atoms with van der Waals surface area (Å²) in [7, 11) is 0. The summed E-state index contributed by atoms with van der Waals surface area (Å²) >= 11 is 0. The Morgan fingerprint density at radius 1 is 0.943 bits per heavy atom. The quantitative estimate of drug-likeness (QED) is 0.604. The summed E-state index contributed by atoms with van der Waals surface area (Å²) in [4.78, 5) is 44.9. The van der Waals surface area contributed by atoms with Crippen LogP contribution in [0, 0.1) is 0 Å². The lowest BCUT2D eigenvalue weighted by molar-refractivity contribution is 0.0207. The highest BCUT2D eigenvalue weighted by atomic mass is 16.6. The SMILES string of the molecule is CC(C)(C)OC(=O)N(C(=O)OC(C)(C)C)c1ccc(C[C@H]2C[C@H](O)CN2C(=O)OC(C)(C)C)nc1. The third kappa shape index (κ3) is 9.01. The molecule has 1 aromatic rings. The number of pyridine rings is 1. The molecule has 1 aliphatic rings. The minimum absolute atomic E-state index is 0.183. The molecule has 0 saturated carbocycles. The number of anilines is 1. The highest BCUT2D eigenvalue weighted by Crippen LogP contribution is 2.26. The van der Waals surface area contributed by atoms with E-state index in [0.717, 1.165) is 4.90 Å². The van der Waals surface area contributed by atoms with Crippen LogP contribution in [0.25, 0.3) is 0 Å². The maximum Gasteiger partial charge on any atom is 0.424 e. The number of imide groups is 1. The molecule has 35 heavy (non-hydrogen) atoms. The van der Waals surface area contributed by atoms with Gasteiger partial charge in [0, 0.05) is 18.2 Å². The maximum atomic E-state index is 12.8. The Labute approximate surface area is 207 Å². The van der Waals surface area contributed by atoms with Gasteiger partial charge in [-0.3, -0.25) is 4.98 Å². The summed E-state index contributed by atoms with van der Waals surface area (Å²) in [5.74, 6) is 0. The third-order valence-corrected chi connectivity index (χ3v) is 4.68. The maximum absolute atomic E-state index is 12.8. The van der Waals surface area contributed by atoms with Gasteiger partial charge in [0.1, 0.15) is 16.8 Å². The van der Waals surface area contributed by atoms with E-state index in [9.17, 15) is 19.5 Å². The predicted octanol–water partition coefficient (Wildman–Crippen LogP) is 4.67. The molecular formula is C25H39N3O7. The van der Waals surface area contributed by atoms with E-state index in [-0.39, 0.29) is 18.3 Å². The van der Waals surface area contributed by atoms with E-state index < -0.39 is 41.2 Å². The number of aliphatic hydroxyl groups is 1. The second-order valence-electron chi connectivity index (χ2n) is 11.7. The first-order valence-electron chi connectivity index (χ1n) is 11.7. The van der Waals surface area contributed by atoms with Crippen molar-refractivity contribution in [3.63, 3.8) is 0 Å². The van der Waals surface area contributed by atoms with Crippen molar-refractivity contribution < 1.29 is 33.7 Å². The van der Waals surface area contributed by atoms with Gasteiger partial charge in [0.2, 0.25) is 0 Å².